The smallest absolute Gasteiger partial charge is 0.261 e. The van der Waals surface area contributed by atoms with Crippen LogP contribution in [0.2, 0.25) is 15.1 Å². The Morgan fingerprint density at radius 3 is 2.75 bits per heavy atom. The van der Waals surface area contributed by atoms with Gasteiger partial charge in [-0.25, -0.2) is 9.37 Å². The summed E-state index contributed by atoms with van der Waals surface area (Å²) < 4.78 is 16.2. The fourth-order valence-corrected chi connectivity index (χ4v) is 4.43. The quantitative estimate of drug-likeness (QED) is 0.594. The number of hydrogen-bond acceptors (Lipinski definition) is 4. The fraction of sp³-hybridized carbons (Fsp3) is 0.263. The lowest BCUT2D eigenvalue weighted by molar-refractivity contribution is 0.496. The number of nitrogens with one attached hydrogen (secondary N) is 2. The number of nitrogens with zero attached hydrogens (tertiary/aromatic N) is 2. The number of hydrogen-bond donors (Lipinski definition) is 2. The highest BCUT2D eigenvalue weighted by Gasteiger charge is 2.40. The Balaban J connectivity index is 1.88. The summed E-state index contributed by atoms with van der Waals surface area (Å²) in [6.07, 6.45) is 2.00. The Hall–Kier alpha value is -1.86. The minimum Gasteiger partial charge on any atom is -0.374 e. The molecule has 2 aromatic carbocycles. The van der Waals surface area contributed by atoms with Gasteiger partial charge in [0.2, 0.25) is 0 Å². The SMILES string of the molecule is Cn1cnc2c(Cl)cc(N[C@@]3(c4c(F)ccc(Cl)c4Cl)CCNC3)cc2c1=O. The van der Waals surface area contributed by atoms with Gasteiger partial charge in [-0.2, -0.15) is 0 Å². The zero-order chi connectivity index (χ0) is 20.1. The molecule has 2 N–H and O–H groups in total. The van der Waals surface area contributed by atoms with E-state index in [1.54, 1.807) is 19.2 Å². The number of fused-ring (bicyclic) bond motifs is 1. The average Bonchev–Trinajstić information content (AvgIpc) is 3.11. The molecule has 1 atom stereocenters. The first-order valence-electron chi connectivity index (χ1n) is 8.60. The molecule has 0 radical (unpaired) electrons. The molecular formula is C19H16Cl3FN4O. The van der Waals surface area contributed by atoms with Gasteiger partial charge in [0.25, 0.3) is 5.56 Å². The predicted octanol–water partition coefficient (Wildman–Crippen LogP) is 4.33. The minimum atomic E-state index is -0.837. The van der Waals surface area contributed by atoms with Crippen LogP contribution in [0.15, 0.2) is 35.4 Å². The normalized spacial score (nSPS) is 19.3. The van der Waals surface area contributed by atoms with Gasteiger partial charge in [-0.15, -0.1) is 0 Å². The molecule has 0 bridgehead atoms. The van der Waals surface area contributed by atoms with Gasteiger partial charge in [0, 0.05) is 24.8 Å². The summed E-state index contributed by atoms with van der Waals surface area (Å²) >= 11 is 18.9. The Kier molecular flexibility index (Phi) is 5.00. The molecule has 1 fully saturated rings. The van der Waals surface area contributed by atoms with Gasteiger partial charge in [0.05, 0.1) is 37.8 Å². The number of aryl methyl sites for hydroxylation is 1. The van der Waals surface area contributed by atoms with Crippen molar-refractivity contribution in [3.8, 4) is 0 Å². The van der Waals surface area contributed by atoms with Crippen LogP contribution in [0, 0.1) is 5.82 Å². The molecule has 2 heterocycles. The van der Waals surface area contributed by atoms with E-state index in [1.807, 2.05) is 0 Å². The molecule has 1 aliphatic heterocycles. The Labute approximate surface area is 175 Å². The maximum atomic E-state index is 14.8. The second kappa shape index (κ2) is 7.19. The van der Waals surface area contributed by atoms with Gasteiger partial charge in [0.15, 0.2) is 0 Å². The number of aromatic nitrogens is 2. The maximum absolute atomic E-state index is 14.8. The summed E-state index contributed by atoms with van der Waals surface area (Å²) in [4.78, 5) is 16.7. The zero-order valence-corrected chi connectivity index (χ0v) is 17.1. The molecule has 1 aromatic heterocycles. The lowest BCUT2D eigenvalue weighted by Gasteiger charge is -2.33. The van der Waals surface area contributed by atoms with Crippen LogP contribution in [0.3, 0.4) is 0 Å². The van der Waals surface area contributed by atoms with Gasteiger partial charge >= 0.3 is 0 Å². The van der Waals surface area contributed by atoms with Crippen LogP contribution in [0.25, 0.3) is 10.9 Å². The molecule has 0 saturated carbocycles. The lowest BCUT2D eigenvalue weighted by atomic mass is 9.87. The molecule has 28 heavy (non-hydrogen) atoms. The molecule has 1 saturated heterocycles. The first-order valence-corrected chi connectivity index (χ1v) is 9.73. The first kappa shape index (κ1) is 19.5. The number of rotatable bonds is 3. The molecule has 0 unspecified atom stereocenters. The van der Waals surface area contributed by atoms with Crippen molar-refractivity contribution in [2.45, 2.75) is 12.0 Å². The summed E-state index contributed by atoms with van der Waals surface area (Å²) in [5, 5.41) is 7.74. The topological polar surface area (TPSA) is 59.0 Å². The van der Waals surface area contributed by atoms with Gasteiger partial charge < -0.3 is 15.2 Å². The largest absolute Gasteiger partial charge is 0.374 e. The molecule has 4 rings (SSSR count). The van der Waals surface area contributed by atoms with Crippen molar-refractivity contribution in [1.82, 2.24) is 14.9 Å². The van der Waals surface area contributed by atoms with Crippen LogP contribution < -0.4 is 16.2 Å². The van der Waals surface area contributed by atoms with Crippen LogP contribution in [-0.2, 0) is 12.6 Å². The third kappa shape index (κ3) is 3.14. The van der Waals surface area contributed by atoms with Crippen LogP contribution in [0.4, 0.5) is 10.1 Å². The lowest BCUT2D eigenvalue weighted by Crippen LogP contribution is -2.39. The molecular weight excluding hydrogens is 426 g/mol. The molecule has 0 amide bonds. The summed E-state index contributed by atoms with van der Waals surface area (Å²) in [6.45, 7) is 1.10. The van der Waals surface area contributed by atoms with Crippen molar-refractivity contribution in [3.63, 3.8) is 0 Å². The number of halogens is 4. The van der Waals surface area contributed by atoms with Crippen LogP contribution in [0.5, 0.6) is 0 Å². The summed E-state index contributed by atoms with van der Waals surface area (Å²) in [6, 6.07) is 6.08. The van der Waals surface area contributed by atoms with Crippen molar-refractivity contribution < 1.29 is 4.39 Å². The van der Waals surface area contributed by atoms with Crippen molar-refractivity contribution in [2.24, 2.45) is 7.05 Å². The van der Waals surface area contributed by atoms with E-state index in [9.17, 15) is 9.18 Å². The molecule has 0 spiro atoms. The van der Waals surface area contributed by atoms with E-state index in [4.69, 9.17) is 34.8 Å². The molecule has 3 aromatic rings. The third-order valence-electron chi connectivity index (χ3n) is 5.04. The van der Waals surface area contributed by atoms with Crippen LogP contribution in [-0.4, -0.2) is 22.6 Å². The summed E-state index contributed by atoms with van der Waals surface area (Å²) in [7, 11) is 1.62. The van der Waals surface area contributed by atoms with Gasteiger partial charge in [-0.05, 0) is 37.2 Å². The minimum absolute atomic E-state index is 0.169. The standard InChI is InChI=1S/C19H16Cl3FN4O/c1-27-9-25-17-11(18(27)28)6-10(7-13(17)21)26-19(4-5-24-8-19)15-14(23)3-2-12(20)16(15)22/h2-3,6-7,9,24,26H,4-5,8H2,1H3/t19-/m0/s1. The summed E-state index contributed by atoms with van der Waals surface area (Å²) in [5.41, 5.74) is 0.224. The molecule has 1 aliphatic rings. The van der Waals surface area contributed by atoms with Crippen molar-refractivity contribution in [2.75, 3.05) is 18.4 Å². The van der Waals surface area contributed by atoms with E-state index in [2.05, 4.69) is 15.6 Å². The Morgan fingerprint density at radius 2 is 2.04 bits per heavy atom. The molecule has 5 nitrogen and oxygen atoms in total. The molecule has 0 aliphatic carbocycles. The van der Waals surface area contributed by atoms with Crippen LogP contribution in [0.1, 0.15) is 12.0 Å². The second-order valence-electron chi connectivity index (χ2n) is 6.87. The number of anilines is 1. The maximum Gasteiger partial charge on any atom is 0.261 e. The Morgan fingerprint density at radius 1 is 1.25 bits per heavy atom. The van der Waals surface area contributed by atoms with Crippen molar-refractivity contribution in [1.29, 1.82) is 0 Å². The van der Waals surface area contributed by atoms with Crippen LogP contribution >= 0.6 is 34.8 Å². The molecule has 146 valence electrons. The van der Waals surface area contributed by atoms with Gasteiger partial charge in [-0.1, -0.05) is 34.8 Å². The highest BCUT2D eigenvalue weighted by molar-refractivity contribution is 6.42. The Bertz CT molecular complexity index is 1140. The van der Waals surface area contributed by atoms with E-state index in [0.29, 0.717) is 46.7 Å². The fourth-order valence-electron chi connectivity index (χ4n) is 3.67. The van der Waals surface area contributed by atoms with Crippen molar-refractivity contribution >= 4 is 51.4 Å². The van der Waals surface area contributed by atoms with E-state index in [0.717, 1.165) is 0 Å². The predicted molar refractivity (Wildman–Crippen MR) is 111 cm³/mol. The zero-order valence-electron chi connectivity index (χ0n) is 14.8. The van der Waals surface area contributed by atoms with E-state index in [1.165, 1.54) is 23.0 Å². The average molecular weight is 442 g/mol. The van der Waals surface area contributed by atoms with E-state index >= 15 is 0 Å². The number of benzene rings is 2. The van der Waals surface area contributed by atoms with Gasteiger partial charge in [0.1, 0.15) is 5.82 Å². The van der Waals surface area contributed by atoms with E-state index < -0.39 is 11.4 Å². The molecule has 9 heteroatoms. The summed E-state index contributed by atoms with van der Waals surface area (Å²) in [5.74, 6) is -0.449. The monoisotopic (exact) mass is 440 g/mol. The van der Waals surface area contributed by atoms with Gasteiger partial charge in [-0.3, -0.25) is 4.79 Å². The highest BCUT2D eigenvalue weighted by Crippen LogP contribution is 2.41. The van der Waals surface area contributed by atoms with E-state index in [-0.39, 0.29) is 15.6 Å². The van der Waals surface area contributed by atoms with Crippen molar-refractivity contribution in [3.05, 3.63) is 67.4 Å². The first-order chi connectivity index (χ1) is 13.3. The third-order valence-corrected chi connectivity index (χ3v) is 6.13. The highest BCUT2D eigenvalue weighted by atomic mass is 35.5. The second-order valence-corrected chi connectivity index (χ2v) is 8.06.